The topological polar surface area (TPSA) is 75.2 Å². The molecule has 0 radical (unpaired) electrons. The summed E-state index contributed by atoms with van der Waals surface area (Å²) in [5.74, 6) is 0.468. The van der Waals surface area contributed by atoms with E-state index in [9.17, 15) is 9.18 Å². The molecule has 2 aromatic carbocycles. The third-order valence-corrected chi connectivity index (χ3v) is 5.22. The number of aryl methyl sites for hydroxylation is 1. The maximum absolute atomic E-state index is 13.2. The molecule has 0 amide bonds. The highest BCUT2D eigenvalue weighted by Crippen LogP contribution is 2.24. The molecule has 0 atom stereocenters. The monoisotopic (exact) mass is 406 g/mol. The number of nitrogens with zero attached hydrogens (tertiary/aromatic N) is 2. The van der Waals surface area contributed by atoms with E-state index < -0.39 is 0 Å². The van der Waals surface area contributed by atoms with Crippen molar-refractivity contribution in [3.63, 3.8) is 0 Å². The van der Waals surface area contributed by atoms with E-state index in [2.05, 4.69) is 15.1 Å². The van der Waals surface area contributed by atoms with Crippen molar-refractivity contribution in [1.82, 2.24) is 14.8 Å². The summed E-state index contributed by atoms with van der Waals surface area (Å²) >= 11 is 0. The van der Waals surface area contributed by atoms with Gasteiger partial charge in [0, 0.05) is 35.1 Å². The van der Waals surface area contributed by atoms with Crippen LogP contribution in [0.3, 0.4) is 0 Å². The third kappa shape index (κ3) is 3.66. The van der Waals surface area contributed by atoms with Crippen LogP contribution in [0, 0.1) is 12.7 Å². The van der Waals surface area contributed by atoms with Gasteiger partial charge in [-0.05, 0) is 68.3 Å². The molecule has 2 aromatic heterocycles. The predicted octanol–water partition coefficient (Wildman–Crippen LogP) is 4.15. The van der Waals surface area contributed by atoms with Crippen LogP contribution in [0.5, 0.6) is 5.75 Å². The van der Waals surface area contributed by atoms with Crippen molar-refractivity contribution in [2.75, 3.05) is 13.7 Å². The largest absolute Gasteiger partial charge is 0.497 e. The Bertz CT molecular complexity index is 1280. The zero-order valence-electron chi connectivity index (χ0n) is 17.1. The summed E-state index contributed by atoms with van der Waals surface area (Å²) in [6.07, 6.45) is 2.72. The molecule has 0 bridgehead atoms. The van der Waals surface area contributed by atoms with Crippen LogP contribution in [0.15, 0.2) is 58.4 Å². The Balaban J connectivity index is 1.56. The maximum Gasteiger partial charge on any atom is 0.280 e. The van der Waals surface area contributed by atoms with Crippen LogP contribution in [0.1, 0.15) is 23.7 Å². The predicted molar refractivity (Wildman–Crippen MR) is 117 cm³/mol. The average molecular weight is 406 g/mol. The zero-order valence-corrected chi connectivity index (χ0v) is 17.1. The number of aromatic nitrogens is 3. The van der Waals surface area contributed by atoms with Gasteiger partial charge in [0.25, 0.3) is 5.56 Å². The number of methoxy groups -OCH3 is 1. The molecule has 0 aliphatic carbocycles. The normalized spacial score (nSPS) is 11.9. The fraction of sp³-hybridized carbons (Fsp3) is 0.217. The molecule has 0 saturated carbocycles. The first-order chi connectivity index (χ1) is 14.5. The van der Waals surface area contributed by atoms with Gasteiger partial charge in [-0.2, -0.15) is 0 Å². The third-order valence-electron chi connectivity index (χ3n) is 5.22. The van der Waals surface area contributed by atoms with E-state index in [1.54, 1.807) is 19.2 Å². The summed E-state index contributed by atoms with van der Waals surface area (Å²) in [6.45, 7) is 4.23. The van der Waals surface area contributed by atoms with Crippen molar-refractivity contribution in [1.29, 1.82) is 0 Å². The molecule has 0 aliphatic rings. The van der Waals surface area contributed by atoms with Crippen LogP contribution in [-0.2, 0) is 6.42 Å². The molecule has 0 unspecified atom stereocenters. The minimum atomic E-state index is -0.344. The average Bonchev–Trinajstić information content (AvgIpc) is 3.28. The first-order valence-electron chi connectivity index (χ1n) is 9.71. The van der Waals surface area contributed by atoms with Gasteiger partial charge >= 0.3 is 0 Å². The molecular formula is C23H23FN4O2. The van der Waals surface area contributed by atoms with E-state index in [4.69, 9.17) is 4.74 Å². The molecule has 4 aromatic rings. The second-order valence-electron chi connectivity index (χ2n) is 7.17. The highest BCUT2D eigenvalue weighted by atomic mass is 19.1. The van der Waals surface area contributed by atoms with Crippen molar-refractivity contribution in [3.8, 4) is 11.4 Å². The molecule has 0 fully saturated rings. The van der Waals surface area contributed by atoms with Gasteiger partial charge in [-0.25, -0.2) is 9.07 Å². The van der Waals surface area contributed by atoms with Crippen molar-refractivity contribution in [2.24, 2.45) is 4.99 Å². The molecule has 0 saturated heterocycles. The second kappa shape index (κ2) is 8.02. The minimum absolute atomic E-state index is 0.197. The molecular weight excluding hydrogens is 383 g/mol. The van der Waals surface area contributed by atoms with Crippen LogP contribution in [0.25, 0.3) is 16.6 Å². The number of benzene rings is 2. The van der Waals surface area contributed by atoms with Crippen molar-refractivity contribution in [3.05, 3.63) is 81.7 Å². The number of nitrogens with one attached hydrogen (secondary N) is 2. The number of rotatable bonds is 6. The van der Waals surface area contributed by atoms with Crippen LogP contribution in [0.2, 0.25) is 0 Å². The quantitative estimate of drug-likeness (QED) is 0.472. The van der Waals surface area contributed by atoms with Gasteiger partial charge in [-0.3, -0.25) is 14.9 Å². The summed E-state index contributed by atoms with van der Waals surface area (Å²) < 4.78 is 19.9. The summed E-state index contributed by atoms with van der Waals surface area (Å²) in [4.78, 5) is 20.8. The Morgan fingerprint density at radius 2 is 1.97 bits per heavy atom. The highest BCUT2D eigenvalue weighted by molar-refractivity contribution is 5.99. The van der Waals surface area contributed by atoms with Gasteiger partial charge in [0.05, 0.1) is 18.4 Å². The SMILES string of the molecule is COc1ccc2[nH]cc(CCN=C(C)c3c(C)[nH]n(-c4ccc(F)cc4)c3=O)c2c1. The molecule has 2 N–H and O–H groups in total. The van der Waals surface area contributed by atoms with Crippen molar-refractivity contribution in [2.45, 2.75) is 20.3 Å². The molecule has 30 heavy (non-hydrogen) atoms. The smallest absolute Gasteiger partial charge is 0.280 e. The lowest BCUT2D eigenvalue weighted by atomic mass is 10.1. The highest BCUT2D eigenvalue weighted by Gasteiger charge is 2.15. The number of aromatic amines is 2. The second-order valence-corrected chi connectivity index (χ2v) is 7.17. The van der Waals surface area contributed by atoms with Crippen molar-refractivity contribution < 1.29 is 9.13 Å². The van der Waals surface area contributed by atoms with Crippen LogP contribution < -0.4 is 10.3 Å². The number of halogens is 1. The maximum atomic E-state index is 13.2. The summed E-state index contributed by atoms with van der Waals surface area (Å²) in [6, 6.07) is 11.7. The Morgan fingerprint density at radius 1 is 1.20 bits per heavy atom. The Kier molecular flexibility index (Phi) is 5.27. The number of hydrogen-bond donors (Lipinski definition) is 2. The standard InChI is InChI=1S/C23H23FN4O2/c1-14(22-15(2)27-28(23(22)29)18-6-4-17(24)5-7-18)25-11-10-16-13-26-21-9-8-19(30-3)12-20(16)21/h4-9,12-13,26-27H,10-11H2,1-3H3. The number of fused-ring (bicyclic) bond motifs is 1. The Labute approximate surface area is 173 Å². The van der Waals surface area contributed by atoms with Crippen molar-refractivity contribution >= 4 is 16.6 Å². The first-order valence-corrected chi connectivity index (χ1v) is 9.71. The van der Waals surface area contributed by atoms with Gasteiger partial charge in [0.15, 0.2) is 0 Å². The number of ether oxygens (including phenoxy) is 1. The summed E-state index contributed by atoms with van der Waals surface area (Å²) in [7, 11) is 1.65. The summed E-state index contributed by atoms with van der Waals surface area (Å²) in [5, 5.41) is 4.16. The van der Waals surface area contributed by atoms with E-state index in [1.807, 2.05) is 38.2 Å². The van der Waals surface area contributed by atoms with Gasteiger partial charge < -0.3 is 9.72 Å². The lowest BCUT2D eigenvalue weighted by molar-refractivity contribution is 0.415. The molecule has 7 heteroatoms. The van der Waals surface area contributed by atoms with E-state index in [0.717, 1.165) is 34.3 Å². The number of hydrogen-bond acceptors (Lipinski definition) is 3. The van der Waals surface area contributed by atoms with Crippen LogP contribution in [-0.4, -0.2) is 34.1 Å². The lowest BCUT2D eigenvalue weighted by Gasteiger charge is -2.02. The Hall–Kier alpha value is -3.61. The van der Waals surface area contributed by atoms with E-state index in [-0.39, 0.29) is 11.4 Å². The van der Waals surface area contributed by atoms with Gasteiger partial charge in [0.1, 0.15) is 11.6 Å². The molecule has 154 valence electrons. The lowest BCUT2D eigenvalue weighted by Crippen LogP contribution is -2.20. The Morgan fingerprint density at radius 3 is 2.70 bits per heavy atom. The molecule has 2 heterocycles. The van der Waals surface area contributed by atoms with E-state index in [0.29, 0.717) is 23.5 Å². The van der Waals surface area contributed by atoms with Gasteiger partial charge in [0.2, 0.25) is 0 Å². The first kappa shape index (κ1) is 19.7. The van der Waals surface area contributed by atoms with E-state index in [1.165, 1.54) is 16.8 Å². The van der Waals surface area contributed by atoms with Crippen LogP contribution in [0.4, 0.5) is 4.39 Å². The molecule has 6 nitrogen and oxygen atoms in total. The number of H-pyrrole nitrogens is 2. The fourth-order valence-corrected chi connectivity index (χ4v) is 3.66. The van der Waals surface area contributed by atoms with Gasteiger partial charge in [-0.15, -0.1) is 0 Å². The minimum Gasteiger partial charge on any atom is -0.497 e. The van der Waals surface area contributed by atoms with Crippen LogP contribution >= 0.6 is 0 Å². The number of aliphatic imine (C=N–C) groups is 1. The van der Waals surface area contributed by atoms with E-state index >= 15 is 0 Å². The zero-order chi connectivity index (χ0) is 21.3. The molecule has 0 aliphatic heterocycles. The molecule has 4 rings (SSSR count). The summed E-state index contributed by atoms with van der Waals surface area (Å²) in [5.41, 5.74) is 4.52. The van der Waals surface area contributed by atoms with Gasteiger partial charge in [-0.1, -0.05) is 0 Å². The fourth-order valence-electron chi connectivity index (χ4n) is 3.66. The molecule has 0 spiro atoms.